The Balaban J connectivity index is 2.10. The maximum atomic E-state index is 11.6. The predicted octanol–water partition coefficient (Wildman–Crippen LogP) is 4.81. The van der Waals surface area contributed by atoms with Gasteiger partial charge in [-0.2, -0.15) is 0 Å². The van der Waals surface area contributed by atoms with Crippen LogP contribution in [0.4, 0.5) is 0 Å². The molecule has 0 atom stereocenters. The fourth-order valence-corrected chi connectivity index (χ4v) is 3.33. The highest BCUT2D eigenvalue weighted by Crippen LogP contribution is 2.30. The Bertz CT molecular complexity index is 1010. The molecule has 0 aliphatic heterocycles. The molecule has 3 nitrogen and oxygen atoms in total. The van der Waals surface area contributed by atoms with Gasteiger partial charge in [0.1, 0.15) is 0 Å². The van der Waals surface area contributed by atoms with E-state index in [0.29, 0.717) is 22.2 Å². The number of carbonyl (C=O) groups is 1. The van der Waals surface area contributed by atoms with Crippen molar-refractivity contribution in [2.75, 3.05) is 0 Å². The van der Waals surface area contributed by atoms with Gasteiger partial charge in [0.05, 0.1) is 21.7 Å². The van der Waals surface area contributed by atoms with Crippen LogP contribution >= 0.6 is 11.3 Å². The zero-order valence-electron chi connectivity index (χ0n) is 11.5. The molecule has 0 unspecified atom stereocenters. The second-order valence-electron chi connectivity index (χ2n) is 5.05. The monoisotopic (exact) mass is 305 g/mol. The molecule has 0 aliphatic carbocycles. The third-order valence-corrected chi connectivity index (χ3v) is 4.57. The standard InChI is InChI=1S/C18H11NO2S/c20-18(21)14-10-16(17-6-3-7-22-17)19-15-9-12-5-2-1-4-11(12)8-13(14)15/h1-10H,(H,20,21). The van der Waals surface area contributed by atoms with Crippen molar-refractivity contribution in [3.05, 3.63) is 65.5 Å². The summed E-state index contributed by atoms with van der Waals surface area (Å²) in [5.41, 5.74) is 1.70. The lowest BCUT2D eigenvalue weighted by molar-refractivity contribution is 0.0699. The third kappa shape index (κ3) is 2.05. The number of rotatable bonds is 2. The SMILES string of the molecule is O=C(O)c1cc(-c2cccs2)nc2cc3ccccc3cc12. The summed E-state index contributed by atoms with van der Waals surface area (Å²) in [5.74, 6) is -0.930. The van der Waals surface area contributed by atoms with E-state index in [4.69, 9.17) is 0 Å². The Morgan fingerprint density at radius 1 is 1.00 bits per heavy atom. The normalized spacial score (nSPS) is 11.1. The molecule has 2 aromatic carbocycles. The summed E-state index contributed by atoms with van der Waals surface area (Å²) >= 11 is 1.55. The number of hydrogen-bond acceptors (Lipinski definition) is 3. The van der Waals surface area contributed by atoms with Crippen LogP contribution in [0.15, 0.2) is 60.0 Å². The van der Waals surface area contributed by atoms with Gasteiger partial charge >= 0.3 is 5.97 Å². The van der Waals surface area contributed by atoms with Gasteiger partial charge in [0.2, 0.25) is 0 Å². The van der Waals surface area contributed by atoms with Crippen molar-refractivity contribution in [2.24, 2.45) is 0 Å². The topological polar surface area (TPSA) is 50.2 Å². The second kappa shape index (κ2) is 4.93. The second-order valence-corrected chi connectivity index (χ2v) is 6.00. The predicted molar refractivity (Wildman–Crippen MR) is 89.5 cm³/mol. The summed E-state index contributed by atoms with van der Waals surface area (Å²) in [6, 6.07) is 17.3. The molecule has 0 radical (unpaired) electrons. The van der Waals surface area contributed by atoms with E-state index in [1.807, 2.05) is 53.9 Å². The van der Waals surface area contributed by atoms with E-state index < -0.39 is 5.97 Å². The molecule has 0 bridgehead atoms. The molecule has 0 amide bonds. The number of fused-ring (bicyclic) bond motifs is 2. The minimum atomic E-state index is -0.930. The van der Waals surface area contributed by atoms with Gasteiger partial charge in [-0.15, -0.1) is 11.3 Å². The van der Waals surface area contributed by atoms with Crippen LogP contribution in [-0.4, -0.2) is 16.1 Å². The molecule has 4 heteroatoms. The van der Waals surface area contributed by atoms with Crippen LogP contribution in [0.2, 0.25) is 0 Å². The van der Waals surface area contributed by atoms with E-state index in [9.17, 15) is 9.90 Å². The van der Waals surface area contributed by atoms with E-state index in [2.05, 4.69) is 4.98 Å². The first-order valence-electron chi connectivity index (χ1n) is 6.83. The van der Waals surface area contributed by atoms with E-state index in [0.717, 1.165) is 15.6 Å². The Morgan fingerprint density at radius 3 is 2.45 bits per heavy atom. The molecule has 22 heavy (non-hydrogen) atoms. The zero-order chi connectivity index (χ0) is 15.1. The van der Waals surface area contributed by atoms with Gasteiger partial charge in [0.25, 0.3) is 0 Å². The molecular formula is C18H11NO2S. The maximum Gasteiger partial charge on any atom is 0.336 e. The van der Waals surface area contributed by atoms with Gasteiger partial charge in [0.15, 0.2) is 0 Å². The van der Waals surface area contributed by atoms with Crippen molar-refractivity contribution in [3.63, 3.8) is 0 Å². The Hall–Kier alpha value is -2.72. The maximum absolute atomic E-state index is 11.6. The first-order valence-corrected chi connectivity index (χ1v) is 7.71. The Kier molecular flexibility index (Phi) is 2.91. The molecule has 4 rings (SSSR count). The molecule has 0 saturated carbocycles. The van der Waals surface area contributed by atoms with Crippen LogP contribution in [0.3, 0.4) is 0 Å². The van der Waals surface area contributed by atoms with Gasteiger partial charge in [-0.25, -0.2) is 9.78 Å². The van der Waals surface area contributed by atoms with Gasteiger partial charge in [-0.05, 0) is 40.4 Å². The molecule has 0 spiro atoms. The third-order valence-electron chi connectivity index (χ3n) is 3.68. The van der Waals surface area contributed by atoms with Crippen LogP contribution in [-0.2, 0) is 0 Å². The molecule has 2 aromatic heterocycles. The minimum Gasteiger partial charge on any atom is -0.478 e. The van der Waals surface area contributed by atoms with E-state index >= 15 is 0 Å². The van der Waals surface area contributed by atoms with Crippen molar-refractivity contribution < 1.29 is 9.90 Å². The van der Waals surface area contributed by atoms with Crippen molar-refractivity contribution >= 4 is 39.0 Å². The average Bonchev–Trinajstić information content (AvgIpc) is 3.06. The van der Waals surface area contributed by atoms with Crippen LogP contribution < -0.4 is 0 Å². The first-order chi connectivity index (χ1) is 10.7. The number of nitrogens with zero attached hydrogens (tertiary/aromatic N) is 1. The Morgan fingerprint density at radius 2 is 1.77 bits per heavy atom. The van der Waals surface area contributed by atoms with E-state index in [1.165, 1.54) is 0 Å². The molecule has 4 aromatic rings. The molecule has 0 saturated heterocycles. The zero-order valence-corrected chi connectivity index (χ0v) is 12.3. The lowest BCUT2D eigenvalue weighted by Gasteiger charge is -2.07. The number of benzene rings is 2. The molecule has 106 valence electrons. The molecule has 1 N–H and O–H groups in total. The van der Waals surface area contributed by atoms with Gasteiger partial charge < -0.3 is 5.11 Å². The van der Waals surface area contributed by atoms with Crippen LogP contribution in [0.25, 0.3) is 32.2 Å². The highest BCUT2D eigenvalue weighted by atomic mass is 32.1. The number of thiophene rings is 1. The number of aromatic nitrogens is 1. The van der Waals surface area contributed by atoms with Gasteiger partial charge in [0, 0.05) is 5.39 Å². The van der Waals surface area contributed by atoms with E-state index in [-0.39, 0.29) is 0 Å². The fraction of sp³-hybridized carbons (Fsp3) is 0. The summed E-state index contributed by atoms with van der Waals surface area (Å²) < 4.78 is 0. The van der Waals surface area contributed by atoms with Crippen LogP contribution in [0, 0.1) is 0 Å². The number of hydrogen-bond donors (Lipinski definition) is 1. The first kappa shape index (κ1) is 13.0. The summed E-state index contributed by atoms with van der Waals surface area (Å²) in [4.78, 5) is 17.3. The largest absolute Gasteiger partial charge is 0.478 e. The van der Waals surface area contributed by atoms with Crippen molar-refractivity contribution in [1.29, 1.82) is 0 Å². The Labute approximate surface area is 130 Å². The molecule has 0 aliphatic rings. The summed E-state index contributed by atoms with van der Waals surface area (Å²) in [6.07, 6.45) is 0. The smallest absolute Gasteiger partial charge is 0.336 e. The van der Waals surface area contributed by atoms with Crippen LogP contribution in [0.5, 0.6) is 0 Å². The number of carboxylic acids is 1. The van der Waals surface area contributed by atoms with Crippen LogP contribution in [0.1, 0.15) is 10.4 Å². The summed E-state index contributed by atoms with van der Waals surface area (Å²) in [7, 11) is 0. The summed E-state index contributed by atoms with van der Waals surface area (Å²) in [5, 5.41) is 14.3. The van der Waals surface area contributed by atoms with Gasteiger partial charge in [-0.3, -0.25) is 0 Å². The minimum absolute atomic E-state index is 0.291. The fourth-order valence-electron chi connectivity index (χ4n) is 2.64. The lowest BCUT2D eigenvalue weighted by Crippen LogP contribution is -2.00. The molecular weight excluding hydrogens is 294 g/mol. The quantitative estimate of drug-likeness (QED) is 0.540. The van der Waals surface area contributed by atoms with Crippen molar-refractivity contribution in [1.82, 2.24) is 4.98 Å². The number of carboxylic acid groups (broad SMARTS) is 1. The van der Waals surface area contributed by atoms with Gasteiger partial charge in [-0.1, -0.05) is 30.3 Å². The number of aromatic carboxylic acids is 1. The molecule has 0 fully saturated rings. The highest BCUT2D eigenvalue weighted by molar-refractivity contribution is 7.13. The average molecular weight is 305 g/mol. The molecule has 2 heterocycles. The van der Waals surface area contributed by atoms with E-state index in [1.54, 1.807) is 17.4 Å². The lowest BCUT2D eigenvalue weighted by atomic mass is 10.0. The number of pyridine rings is 1. The highest BCUT2D eigenvalue weighted by Gasteiger charge is 2.14. The summed E-state index contributed by atoms with van der Waals surface area (Å²) in [6.45, 7) is 0. The van der Waals surface area contributed by atoms with Crippen molar-refractivity contribution in [3.8, 4) is 10.6 Å². The van der Waals surface area contributed by atoms with Crippen molar-refractivity contribution in [2.45, 2.75) is 0 Å².